The fraction of sp³-hybridized carbons (Fsp3) is 0. The maximum Gasteiger partial charge on any atom is 0.307 e. The van der Waals surface area contributed by atoms with E-state index >= 15 is 0 Å². The molecule has 0 saturated heterocycles. The molecule has 2 heterocycles. The minimum atomic E-state index is -0.102. The highest BCUT2D eigenvalue weighted by Gasteiger charge is 1.99. The molecule has 2 aromatic rings. The van der Waals surface area contributed by atoms with E-state index in [0.29, 0.717) is 15.4 Å². The lowest BCUT2D eigenvalue weighted by Crippen LogP contribution is -1.89. The van der Waals surface area contributed by atoms with Gasteiger partial charge in [0.1, 0.15) is 4.83 Å². The van der Waals surface area contributed by atoms with Gasteiger partial charge >= 0.3 is 4.87 Å². The highest BCUT2D eigenvalue weighted by molar-refractivity contribution is 7.15. The van der Waals surface area contributed by atoms with Gasteiger partial charge in [0.25, 0.3) is 0 Å². The van der Waals surface area contributed by atoms with Crippen LogP contribution >= 0.6 is 22.9 Å². The number of thiazole rings is 1. The van der Waals surface area contributed by atoms with Gasteiger partial charge in [0.05, 0.1) is 10.5 Å². The Kier molecular flexibility index (Phi) is 1.44. The molecule has 0 aliphatic rings. The highest BCUT2D eigenvalue weighted by atomic mass is 35.5. The van der Waals surface area contributed by atoms with E-state index in [0.717, 1.165) is 11.3 Å². The van der Waals surface area contributed by atoms with Crippen molar-refractivity contribution in [2.45, 2.75) is 0 Å². The van der Waals surface area contributed by atoms with Gasteiger partial charge in [-0.15, -0.1) is 0 Å². The quantitative estimate of drug-likeness (QED) is 0.680. The predicted molar refractivity (Wildman–Crippen MR) is 45.3 cm³/mol. The number of pyridine rings is 1. The number of nitrogens with zero attached hydrogens (tertiary/aromatic N) is 1. The van der Waals surface area contributed by atoms with Crippen LogP contribution in [0.5, 0.6) is 0 Å². The highest BCUT2D eigenvalue weighted by Crippen LogP contribution is 2.15. The number of halogens is 1. The third-order valence-electron chi connectivity index (χ3n) is 1.24. The lowest BCUT2D eigenvalue weighted by Gasteiger charge is -1.86. The summed E-state index contributed by atoms with van der Waals surface area (Å²) in [5.74, 6) is 0. The molecule has 2 aromatic heterocycles. The van der Waals surface area contributed by atoms with E-state index < -0.39 is 0 Å². The monoisotopic (exact) mass is 186 g/mol. The number of H-pyrrole nitrogens is 1. The van der Waals surface area contributed by atoms with E-state index in [9.17, 15) is 4.79 Å². The minimum absolute atomic E-state index is 0.102. The van der Waals surface area contributed by atoms with Gasteiger partial charge in [0.2, 0.25) is 0 Å². The molecule has 5 heteroatoms. The van der Waals surface area contributed by atoms with Crippen LogP contribution in [0.25, 0.3) is 10.3 Å². The van der Waals surface area contributed by atoms with Crippen molar-refractivity contribution in [1.82, 2.24) is 9.97 Å². The smallest absolute Gasteiger partial charge is 0.307 e. The molecule has 3 nitrogen and oxygen atoms in total. The van der Waals surface area contributed by atoms with Crippen molar-refractivity contribution in [3.63, 3.8) is 0 Å². The van der Waals surface area contributed by atoms with Crippen LogP contribution in [0, 0.1) is 0 Å². The summed E-state index contributed by atoms with van der Waals surface area (Å²) in [6.07, 6.45) is 1.52. The second-order valence-electron chi connectivity index (χ2n) is 2.02. The zero-order chi connectivity index (χ0) is 7.84. The Morgan fingerprint density at radius 2 is 2.45 bits per heavy atom. The lowest BCUT2D eigenvalue weighted by molar-refractivity contribution is 1.37. The third kappa shape index (κ3) is 1.15. The maximum absolute atomic E-state index is 10.8. The molecular weight excluding hydrogens is 184 g/mol. The SMILES string of the molecule is O=c1[nH]c2cc(Cl)cnc2s1. The van der Waals surface area contributed by atoms with E-state index in [4.69, 9.17) is 11.6 Å². The first-order valence-electron chi connectivity index (χ1n) is 2.90. The molecule has 56 valence electrons. The van der Waals surface area contributed by atoms with E-state index in [-0.39, 0.29) is 4.87 Å². The summed E-state index contributed by atoms with van der Waals surface area (Å²) in [6, 6.07) is 1.68. The number of hydrogen-bond donors (Lipinski definition) is 1. The number of nitrogens with one attached hydrogen (secondary N) is 1. The number of aromatic amines is 1. The van der Waals surface area contributed by atoms with Gasteiger partial charge < -0.3 is 4.98 Å². The zero-order valence-corrected chi connectivity index (χ0v) is 6.87. The summed E-state index contributed by atoms with van der Waals surface area (Å²) in [5, 5.41) is 0.534. The summed E-state index contributed by atoms with van der Waals surface area (Å²) < 4.78 is 0. The molecule has 0 radical (unpaired) electrons. The summed E-state index contributed by atoms with van der Waals surface area (Å²) in [6.45, 7) is 0. The Morgan fingerprint density at radius 1 is 1.64 bits per heavy atom. The molecule has 0 aromatic carbocycles. The molecule has 0 bridgehead atoms. The van der Waals surface area contributed by atoms with Crippen LogP contribution in [0.2, 0.25) is 5.02 Å². The first-order chi connectivity index (χ1) is 5.25. The van der Waals surface area contributed by atoms with Crippen molar-refractivity contribution in [2.75, 3.05) is 0 Å². The van der Waals surface area contributed by atoms with Crippen LogP contribution < -0.4 is 4.87 Å². The molecule has 0 aliphatic carbocycles. The van der Waals surface area contributed by atoms with Crippen LogP contribution in [0.15, 0.2) is 17.1 Å². The van der Waals surface area contributed by atoms with Gasteiger partial charge in [-0.1, -0.05) is 22.9 Å². The van der Waals surface area contributed by atoms with Gasteiger partial charge in [0, 0.05) is 6.20 Å². The average molecular weight is 187 g/mol. The van der Waals surface area contributed by atoms with Crippen LogP contribution in [-0.4, -0.2) is 9.97 Å². The number of hydrogen-bond acceptors (Lipinski definition) is 3. The van der Waals surface area contributed by atoms with E-state index in [1.807, 2.05) is 0 Å². The topological polar surface area (TPSA) is 45.8 Å². The van der Waals surface area contributed by atoms with Gasteiger partial charge in [-0.3, -0.25) is 4.79 Å². The molecule has 1 N–H and O–H groups in total. The van der Waals surface area contributed by atoms with Crippen LogP contribution in [-0.2, 0) is 0 Å². The Balaban J connectivity index is 2.92. The molecule has 0 fully saturated rings. The van der Waals surface area contributed by atoms with Gasteiger partial charge in [-0.05, 0) is 6.07 Å². The first kappa shape index (κ1) is 6.82. The van der Waals surface area contributed by atoms with Gasteiger partial charge in [-0.25, -0.2) is 4.98 Å². The maximum atomic E-state index is 10.8. The summed E-state index contributed by atoms with van der Waals surface area (Å²) in [4.78, 5) is 17.9. The Hall–Kier alpha value is -0.870. The molecule has 0 aliphatic heterocycles. The number of fused-ring (bicyclic) bond motifs is 1. The molecule has 0 amide bonds. The van der Waals surface area contributed by atoms with Gasteiger partial charge in [-0.2, -0.15) is 0 Å². The largest absolute Gasteiger partial charge is 0.311 e. The van der Waals surface area contributed by atoms with Crippen molar-refractivity contribution >= 4 is 33.3 Å². The molecule has 0 atom stereocenters. The summed E-state index contributed by atoms with van der Waals surface area (Å²) in [5.41, 5.74) is 0.701. The number of rotatable bonds is 0. The zero-order valence-electron chi connectivity index (χ0n) is 5.30. The van der Waals surface area contributed by atoms with Crippen molar-refractivity contribution in [3.8, 4) is 0 Å². The van der Waals surface area contributed by atoms with Crippen LogP contribution in [0.4, 0.5) is 0 Å². The second kappa shape index (κ2) is 2.32. The molecule has 0 saturated carbocycles. The molecule has 0 spiro atoms. The van der Waals surface area contributed by atoms with Crippen LogP contribution in [0.3, 0.4) is 0 Å². The lowest BCUT2D eigenvalue weighted by atomic mass is 10.5. The second-order valence-corrected chi connectivity index (χ2v) is 3.42. The fourth-order valence-corrected chi connectivity index (χ4v) is 1.64. The van der Waals surface area contributed by atoms with E-state index in [1.54, 1.807) is 6.07 Å². The van der Waals surface area contributed by atoms with Crippen molar-refractivity contribution in [1.29, 1.82) is 0 Å². The fourth-order valence-electron chi connectivity index (χ4n) is 0.821. The Bertz CT molecular complexity index is 447. The summed E-state index contributed by atoms with van der Waals surface area (Å²) in [7, 11) is 0. The van der Waals surface area contributed by atoms with Crippen molar-refractivity contribution in [3.05, 3.63) is 27.0 Å². The predicted octanol–water partition coefficient (Wildman–Crippen LogP) is 1.64. The first-order valence-corrected chi connectivity index (χ1v) is 4.09. The number of aromatic nitrogens is 2. The van der Waals surface area contributed by atoms with Crippen molar-refractivity contribution in [2.24, 2.45) is 0 Å². The van der Waals surface area contributed by atoms with Crippen molar-refractivity contribution < 1.29 is 0 Å². The Labute approximate surface area is 70.7 Å². The molecule has 11 heavy (non-hydrogen) atoms. The molecular formula is C6H3ClN2OS. The normalized spacial score (nSPS) is 10.6. The molecule has 0 unspecified atom stereocenters. The average Bonchev–Trinajstić information content (AvgIpc) is 2.27. The van der Waals surface area contributed by atoms with E-state index in [1.165, 1.54) is 6.20 Å². The van der Waals surface area contributed by atoms with E-state index in [2.05, 4.69) is 9.97 Å². The summed E-state index contributed by atoms with van der Waals surface area (Å²) >= 11 is 6.73. The van der Waals surface area contributed by atoms with Crippen LogP contribution in [0.1, 0.15) is 0 Å². The minimum Gasteiger partial charge on any atom is -0.311 e. The Morgan fingerprint density at radius 3 is 3.27 bits per heavy atom. The standard InChI is InChI=1S/C6H3ClN2OS/c7-3-1-4-5(8-2-3)11-6(10)9-4/h1-2H,(H,9,10). The molecule has 2 rings (SSSR count). The third-order valence-corrected chi connectivity index (χ3v) is 2.26. The van der Waals surface area contributed by atoms with Gasteiger partial charge in [0.15, 0.2) is 0 Å².